The summed E-state index contributed by atoms with van der Waals surface area (Å²) in [5, 5.41) is 7.30. The van der Waals surface area contributed by atoms with E-state index < -0.39 is 0 Å². The highest BCUT2D eigenvalue weighted by atomic mass is 16.5. The molecule has 1 aromatic carbocycles. The Labute approximate surface area is 177 Å². The summed E-state index contributed by atoms with van der Waals surface area (Å²) in [4.78, 5) is 17.3. The van der Waals surface area contributed by atoms with Gasteiger partial charge in [-0.25, -0.2) is 0 Å². The third kappa shape index (κ3) is 4.52. The van der Waals surface area contributed by atoms with Crippen LogP contribution in [0.15, 0.2) is 16.7 Å². The van der Waals surface area contributed by atoms with E-state index in [1.807, 2.05) is 0 Å². The van der Waals surface area contributed by atoms with Crippen molar-refractivity contribution in [3.63, 3.8) is 0 Å². The maximum atomic E-state index is 12.7. The minimum Gasteiger partial charge on any atom is -0.493 e. The molecular weight excluding hydrogens is 386 g/mol. The maximum Gasteiger partial charge on any atom is 0.249 e. The van der Waals surface area contributed by atoms with E-state index in [0.717, 1.165) is 32.1 Å². The van der Waals surface area contributed by atoms with E-state index in [9.17, 15) is 4.79 Å². The third-order valence-corrected chi connectivity index (χ3v) is 5.87. The summed E-state index contributed by atoms with van der Waals surface area (Å²) in [5.41, 5.74) is 0.671. The average molecular weight is 418 g/mol. The Balaban J connectivity index is 1.89. The molecule has 1 aromatic heterocycles. The quantitative estimate of drug-likeness (QED) is 0.654. The van der Waals surface area contributed by atoms with Gasteiger partial charge >= 0.3 is 0 Å². The molecule has 1 fully saturated rings. The monoisotopic (exact) mass is 417 g/mol. The molecule has 8 heteroatoms. The van der Waals surface area contributed by atoms with E-state index in [-0.39, 0.29) is 23.8 Å². The zero-order chi connectivity index (χ0) is 21.7. The topological polar surface area (TPSA) is 95.7 Å². The van der Waals surface area contributed by atoms with Gasteiger partial charge in [-0.3, -0.25) is 4.79 Å². The predicted octanol–water partition coefficient (Wildman–Crippen LogP) is 4.16. The normalized spacial score (nSPS) is 16.2. The lowest BCUT2D eigenvalue weighted by Crippen LogP contribution is -2.36. The van der Waals surface area contributed by atoms with Gasteiger partial charge < -0.3 is 24.1 Å². The van der Waals surface area contributed by atoms with E-state index in [2.05, 4.69) is 29.3 Å². The molecule has 0 aliphatic heterocycles. The molecule has 1 aliphatic carbocycles. The molecule has 2 atom stereocenters. The summed E-state index contributed by atoms with van der Waals surface area (Å²) in [5.74, 6) is 2.61. The highest BCUT2D eigenvalue weighted by Crippen LogP contribution is 2.41. The molecule has 0 radical (unpaired) electrons. The van der Waals surface area contributed by atoms with E-state index >= 15 is 0 Å². The van der Waals surface area contributed by atoms with Crippen molar-refractivity contribution in [2.75, 3.05) is 21.3 Å². The number of hydrogen-bond donors (Lipinski definition) is 1. The van der Waals surface area contributed by atoms with Crippen molar-refractivity contribution in [2.24, 2.45) is 11.8 Å². The fourth-order valence-corrected chi connectivity index (χ4v) is 3.83. The number of rotatable bonds is 9. The van der Waals surface area contributed by atoms with Crippen LogP contribution in [-0.2, 0) is 4.79 Å². The van der Waals surface area contributed by atoms with Crippen LogP contribution in [0.2, 0.25) is 0 Å². The lowest BCUT2D eigenvalue weighted by Gasteiger charge is -2.22. The number of amides is 1. The molecule has 1 amide bonds. The molecule has 0 spiro atoms. The molecular formula is C22H31N3O5. The van der Waals surface area contributed by atoms with Gasteiger partial charge in [-0.1, -0.05) is 38.3 Å². The Hall–Kier alpha value is -2.77. The number of hydrogen-bond acceptors (Lipinski definition) is 7. The number of nitrogens with one attached hydrogen (secondary N) is 1. The van der Waals surface area contributed by atoms with Crippen molar-refractivity contribution in [3.05, 3.63) is 18.0 Å². The smallest absolute Gasteiger partial charge is 0.249 e. The lowest BCUT2D eigenvalue weighted by atomic mass is 9.97. The summed E-state index contributed by atoms with van der Waals surface area (Å²) in [7, 11) is 4.66. The van der Waals surface area contributed by atoms with Crippen LogP contribution in [-0.4, -0.2) is 37.4 Å². The van der Waals surface area contributed by atoms with Gasteiger partial charge in [-0.15, -0.1) is 0 Å². The van der Waals surface area contributed by atoms with Crippen LogP contribution >= 0.6 is 0 Å². The van der Waals surface area contributed by atoms with Crippen LogP contribution in [0, 0.1) is 11.8 Å². The van der Waals surface area contributed by atoms with Gasteiger partial charge in [0.1, 0.15) is 6.04 Å². The Bertz CT molecular complexity index is 835. The first-order valence-electron chi connectivity index (χ1n) is 10.5. The number of aromatic nitrogens is 2. The number of benzene rings is 1. The third-order valence-electron chi connectivity index (χ3n) is 5.87. The second kappa shape index (κ2) is 9.82. The highest BCUT2D eigenvalue weighted by Gasteiger charge is 2.30. The van der Waals surface area contributed by atoms with Gasteiger partial charge in [0.2, 0.25) is 23.4 Å². The van der Waals surface area contributed by atoms with Crippen molar-refractivity contribution < 1.29 is 23.5 Å². The summed E-state index contributed by atoms with van der Waals surface area (Å²) < 4.78 is 21.8. The number of nitrogens with zero attached hydrogens (tertiary/aromatic N) is 2. The lowest BCUT2D eigenvalue weighted by molar-refractivity contribution is -0.126. The van der Waals surface area contributed by atoms with Gasteiger partial charge in [0, 0.05) is 11.5 Å². The Kier molecular flexibility index (Phi) is 7.18. The van der Waals surface area contributed by atoms with Crippen LogP contribution < -0.4 is 19.5 Å². The number of carbonyl (C=O) groups is 1. The first-order valence-corrected chi connectivity index (χ1v) is 10.5. The Morgan fingerprint density at radius 3 is 2.33 bits per heavy atom. The van der Waals surface area contributed by atoms with Crippen LogP contribution in [0.4, 0.5) is 0 Å². The molecule has 3 rings (SSSR count). The summed E-state index contributed by atoms with van der Waals surface area (Å²) in [6.45, 7) is 4.15. The minimum atomic E-state index is -0.327. The van der Waals surface area contributed by atoms with Crippen LogP contribution in [0.5, 0.6) is 17.2 Å². The van der Waals surface area contributed by atoms with Crippen LogP contribution in [0.3, 0.4) is 0 Å². The van der Waals surface area contributed by atoms with Crippen molar-refractivity contribution in [1.29, 1.82) is 0 Å². The molecule has 1 N–H and O–H groups in total. The molecule has 1 saturated carbocycles. The molecule has 1 heterocycles. The summed E-state index contributed by atoms with van der Waals surface area (Å²) in [6, 6.07) is 3.21. The standard InChI is InChI=1S/C22H31N3O5/c1-6-13(2)18(23-21(26)14-9-7-8-10-14)22-24-20(25-30-22)15-11-16(27-3)19(29-5)17(12-15)28-4/h11-14,18H,6-10H2,1-5H3,(H,23,26). The number of carbonyl (C=O) groups excluding carboxylic acids is 1. The van der Waals surface area contributed by atoms with Crippen LogP contribution in [0.1, 0.15) is 57.9 Å². The minimum absolute atomic E-state index is 0.0744. The molecule has 30 heavy (non-hydrogen) atoms. The zero-order valence-corrected chi connectivity index (χ0v) is 18.4. The molecule has 1 aliphatic rings. The highest BCUT2D eigenvalue weighted by molar-refractivity contribution is 5.79. The van der Waals surface area contributed by atoms with Crippen LogP contribution in [0.25, 0.3) is 11.4 Å². The van der Waals surface area contributed by atoms with Gasteiger partial charge in [0.25, 0.3) is 0 Å². The van der Waals surface area contributed by atoms with Crippen molar-refractivity contribution in [1.82, 2.24) is 15.5 Å². The molecule has 2 aromatic rings. The molecule has 164 valence electrons. The molecule has 0 saturated heterocycles. The largest absolute Gasteiger partial charge is 0.493 e. The fraction of sp³-hybridized carbons (Fsp3) is 0.591. The molecule has 0 bridgehead atoms. The Morgan fingerprint density at radius 1 is 1.17 bits per heavy atom. The summed E-state index contributed by atoms with van der Waals surface area (Å²) >= 11 is 0. The van der Waals surface area contributed by atoms with E-state index in [1.165, 1.54) is 0 Å². The van der Waals surface area contributed by atoms with Crippen molar-refractivity contribution >= 4 is 5.91 Å². The van der Waals surface area contributed by atoms with Gasteiger partial charge in [0.05, 0.1) is 21.3 Å². The van der Waals surface area contributed by atoms with E-state index in [0.29, 0.717) is 34.5 Å². The first-order chi connectivity index (χ1) is 14.5. The second-order valence-corrected chi connectivity index (χ2v) is 7.72. The molecule has 2 unspecified atom stereocenters. The van der Waals surface area contributed by atoms with Gasteiger partial charge in [-0.2, -0.15) is 4.98 Å². The predicted molar refractivity (Wildman–Crippen MR) is 112 cm³/mol. The second-order valence-electron chi connectivity index (χ2n) is 7.72. The summed E-state index contributed by atoms with van der Waals surface area (Å²) in [6.07, 6.45) is 4.98. The number of methoxy groups -OCH3 is 3. The average Bonchev–Trinajstić information content (AvgIpc) is 3.48. The number of ether oxygens (including phenoxy) is 3. The fourth-order valence-electron chi connectivity index (χ4n) is 3.83. The molecule has 8 nitrogen and oxygen atoms in total. The van der Waals surface area contributed by atoms with Gasteiger partial charge in [0.15, 0.2) is 11.5 Å². The van der Waals surface area contributed by atoms with E-state index in [4.69, 9.17) is 18.7 Å². The van der Waals surface area contributed by atoms with Crippen molar-refractivity contribution in [3.8, 4) is 28.6 Å². The Morgan fingerprint density at radius 2 is 1.80 bits per heavy atom. The van der Waals surface area contributed by atoms with Gasteiger partial charge in [-0.05, 0) is 30.9 Å². The SMILES string of the molecule is CCC(C)C(NC(=O)C1CCCC1)c1nc(-c2cc(OC)c(OC)c(OC)c2)no1. The van der Waals surface area contributed by atoms with E-state index in [1.54, 1.807) is 33.5 Å². The van der Waals surface area contributed by atoms with Crippen molar-refractivity contribution in [2.45, 2.75) is 52.0 Å². The first kappa shape index (κ1) is 21.9. The maximum absolute atomic E-state index is 12.7. The zero-order valence-electron chi connectivity index (χ0n) is 18.4.